The van der Waals surface area contributed by atoms with Gasteiger partial charge in [-0.15, -0.1) is 0 Å². The molecule has 0 aliphatic carbocycles. The summed E-state index contributed by atoms with van der Waals surface area (Å²) in [6, 6.07) is 1.03. The van der Waals surface area contributed by atoms with Crippen molar-refractivity contribution in [2.75, 3.05) is 6.54 Å². The van der Waals surface area contributed by atoms with E-state index in [2.05, 4.69) is 17.2 Å². The number of hydrogen-bond donors (Lipinski definition) is 2. The Balaban J connectivity index is 3.05. The zero-order valence-corrected chi connectivity index (χ0v) is 7.53. The lowest BCUT2D eigenvalue weighted by molar-refractivity contribution is 0.246. The molecule has 0 rings (SSSR count). The molecule has 0 aliphatic rings. The minimum absolute atomic E-state index is 0.0470. The van der Waals surface area contributed by atoms with Crippen LogP contribution >= 0.6 is 0 Å². The summed E-state index contributed by atoms with van der Waals surface area (Å²) in [6.45, 7) is 4.71. The van der Waals surface area contributed by atoms with Crippen molar-refractivity contribution in [1.82, 2.24) is 10.3 Å². The number of carbonyl (C=O) groups is 1. The maximum atomic E-state index is 10.7. The Bertz CT molecular complexity index is 97.7. The molecular weight excluding hydrogens is 144 g/mol. The lowest BCUT2D eigenvalue weighted by Gasteiger charge is -2.01. The first-order valence-corrected chi connectivity index (χ1v) is 4.78. The van der Waals surface area contributed by atoms with Gasteiger partial charge in [-0.2, -0.15) is 0 Å². The summed E-state index contributed by atoms with van der Waals surface area (Å²) in [5.74, 6) is 0. The second-order valence-corrected chi connectivity index (χ2v) is 3.01. The zero-order chi connectivity index (χ0) is 7.82. The summed E-state index contributed by atoms with van der Waals surface area (Å²) < 4.78 is 0. The molecular formula is C6H14N2OSi. The smallest absolute Gasteiger partial charge is 0.306 e. The summed E-state index contributed by atoms with van der Waals surface area (Å²) in [5.41, 5.74) is 0. The van der Waals surface area contributed by atoms with E-state index in [4.69, 9.17) is 0 Å². The van der Waals surface area contributed by atoms with Crippen LogP contribution in [0.3, 0.4) is 0 Å². The van der Waals surface area contributed by atoms with E-state index >= 15 is 0 Å². The van der Waals surface area contributed by atoms with Crippen LogP contribution in [0.5, 0.6) is 0 Å². The van der Waals surface area contributed by atoms with Crippen molar-refractivity contribution in [3.63, 3.8) is 0 Å². The van der Waals surface area contributed by atoms with E-state index in [1.54, 1.807) is 0 Å². The largest absolute Gasteiger partial charge is 0.365 e. The highest BCUT2D eigenvalue weighted by Gasteiger charge is 1.94. The lowest BCUT2D eigenvalue weighted by Crippen LogP contribution is -2.37. The zero-order valence-electron chi connectivity index (χ0n) is 6.53. The van der Waals surface area contributed by atoms with Crippen molar-refractivity contribution < 1.29 is 4.79 Å². The normalized spacial score (nSPS) is 9.00. The Hall–Kier alpha value is -0.513. The molecule has 0 heterocycles. The summed E-state index contributed by atoms with van der Waals surface area (Å²) in [6.07, 6.45) is 1.13. The monoisotopic (exact) mass is 158 g/mol. The number of rotatable bonds is 4. The molecule has 3 nitrogen and oxygen atoms in total. The van der Waals surface area contributed by atoms with E-state index in [0.717, 1.165) is 12.5 Å². The average Bonchev–Trinajstić information content (AvgIpc) is 1.89. The van der Waals surface area contributed by atoms with Gasteiger partial charge in [0.2, 0.25) is 0 Å². The van der Waals surface area contributed by atoms with Crippen LogP contribution in [0.4, 0.5) is 4.79 Å². The quantitative estimate of drug-likeness (QED) is 0.460. The fraction of sp³-hybridized carbons (Fsp3) is 0.833. The Morgan fingerprint density at radius 2 is 2.20 bits per heavy atom. The van der Waals surface area contributed by atoms with Gasteiger partial charge in [0.1, 0.15) is 0 Å². The Morgan fingerprint density at radius 1 is 1.50 bits per heavy atom. The first kappa shape index (κ1) is 9.49. The van der Waals surface area contributed by atoms with Crippen LogP contribution in [0.1, 0.15) is 20.3 Å². The molecule has 0 spiro atoms. The standard InChI is InChI=1S/C6H14N2OSi/c1-3-5-10-8-6(9)7-4-2/h3-5H2,1-2H3,(H2,7,8,9). The van der Waals surface area contributed by atoms with Gasteiger partial charge in [0.05, 0.1) is 0 Å². The first-order chi connectivity index (χ1) is 4.81. The molecule has 0 saturated carbocycles. The molecule has 2 radical (unpaired) electrons. The van der Waals surface area contributed by atoms with Gasteiger partial charge in [0.25, 0.3) is 0 Å². The van der Waals surface area contributed by atoms with Crippen molar-refractivity contribution in [2.24, 2.45) is 0 Å². The van der Waals surface area contributed by atoms with Crippen molar-refractivity contribution >= 4 is 15.7 Å². The highest BCUT2D eigenvalue weighted by Crippen LogP contribution is 1.80. The van der Waals surface area contributed by atoms with Gasteiger partial charge in [0, 0.05) is 6.54 Å². The summed E-state index contributed by atoms with van der Waals surface area (Å²) in [7, 11) is 0.560. The van der Waals surface area contributed by atoms with E-state index in [0.29, 0.717) is 16.2 Å². The first-order valence-electron chi connectivity index (χ1n) is 3.58. The van der Waals surface area contributed by atoms with E-state index in [9.17, 15) is 4.79 Å². The highest BCUT2D eigenvalue weighted by molar-refractivity contribution is 6.36. The Morgan fingerprint density at radius 3 is 2.70 bits per heavy atom. The second kappa shape index (κ2) is 6.60. The van der Waals surface area contributed by atoms with Crippen LogP contribution in [0.2, 0.25) is 6.04 Å². The van der Waals surface area contributed by atoms with Crippen molar-refractivity contribution in [2.45, 2.75) is 26.3 Å². The predicted octanol–water partition coefficient (Wildman–Crippen LogP) is 0.753. The predicted molar refractivity (Wildman–Crippen MR) is 43.1 cm³/mol. The molecule has 0 fully saturated rings. The Kier molecular flexibility index (Phi) is 6.27. The third kappa shape index (κ3) is 5.62. The van der Waals surface area contributed by atoms with Crippen molar-refractivity contribution in [3.8, 4) is 0 Å². The van der Waals surface area contributed by atoms with E-state index in [-0.39, 0.29) is 6.03 Å². The third-order valence-corrected chi connectivity index (χ3v) is 2.07. The SMILES string of the molecule is CCC[Si]NC(=O)NCC. The topological polar surface area (TPSA) is 41.1 Å². The summed E-state index contributed by atoms with van der Waals surface area (Å²) >= 11 is 0. The maximum absolute atomic E-state index is 10.7. The minimum atomic E-state index is -0.0470. The molecule has 0 aromatic rings. The summed E-state index contributed by atoms with van der Waals surface area (Å²) in [4.78, 5) is 13.5. The second-order valence-electron chi connectivity index (χ2n) is 1.91. The molecule has 0 bridgehead atoms. The van der Waals surface area contributed by atoms with E-state index in [1.165, 1.54) is 0 Å². The van der Waals surface area contributed by atoms with Crippen LogP contribution in [0.15, 0.2) is 0 Å². The van der Waals surface area contributed by atoms with Crippen LogP contribution in [-0.2, 0) is 0 Å². The van der Waals surface area contributed by atoms with Gasteiger partial charge < -0.3 is 10.3 Å². The van der Waals surface area contributed by atoms with Gasteiger partial charge in [-0.25, -0.2) is 4.79 Å². The van der Waals surface area contributed by atoms with Crippen LogP contribution in [-0.4, -0.2) is 22.3 Å². The molecule has 0 aromatic heterocycles. The van der Waals surface area contributed by atoms with Gasteiger partial charge in [-0.05, 0) is 13.0 Å². The third-order valence-electron chi connectivity index (χ3n) is 0.914. The number of carbonyl (C=O) groups excluding carboxylic acids is 1. The molecule has 0 saturated heterocycles. The number of hydrogen-bond acceptors (Lipinski definition) is 1. The average molecular weight is 158 g/mol. The van der Waals surface area contributed by atoms with Crippen molar-refractivity contribution in [3.05, 3.63) is 0 Å². The lowest BCUT2D eigenvalue weighted by atomic mass is 10.6. The Labute approximate surface area is 64.5 Å². The summed E-state index contributed by atoms with van der Waals surface area (Å²) in [5, 5.41) is 2.66. The van der Waals surface area contributed by atoms with Crippen LogP contribution in [0.25, 0.3) is 0 Å². The van der Waals surface area contributed by atoms with E-state index in [1.807, 2.05) is 6.92 Å². The minimum Gasteiger partial charge on any atom is -0.365 e. The number of amides is 2. The molecule has 0 unspecified atom stereocenters. The number of nitrogens with one attached hydrogen (secondary N) is 2. The molecule has 2 N–H and O–H groups in total. The molecule has 0 atom stereocenters. The molecule has 2 amide bonds. The molecule has 0 aromatic carbocycles. The van der Waals surface area contributed by atoms with Crippen molar-refractivity contribution in [1.29, 1.82) is 0 Å². The van der Waals surface area contributed by atoms with Gasteiger partial charge in [-0.1, -0.05) is 13.3 Å². The van der Waals surface area contributed by atoms with Gasteiger partial charge in [0.15, 0.2) is 9.68 Å². The fourth-order valence-corrected chi connectivity index (χ4v) is 1.10. The maximum Gasteiger partial charge on any atom is 0.306 e. The van der Waals surface area contributed by atoms with Crippen LogP contribution < -0.4 is 10.3 Å². The molecule has 4 heteroatoms. The highest BCUT2D eigenvalue weighted by atomic mass is 28.2. The molecule has 0 aliphatic heterocycles. The van der Waals surface area contributed by atoms with Crippen LogP contribution in [0, 0.1) is 0 Å². The fourth-order valence-electron chi connectivity index (χ4n) is 0.473. The van der Waals surface area contributed by atoms with E-state index < -0.39 is 0 Å². The number of urea groups is 1. The molecule has 10 heavy (non-hydrogen) atoms. The van der Waals surface area contributed by atoms with Gasteiger partial charge >= 0.3 is 6.03 Å². The van der Waals surface area contributed by atoms with Gasteiger partial charge in [-0.3, -0.25) is 0 Å². The molecule has 58 valence electrons.